The summed E-state index contributed by atoms with van der Waals surface area (Å²) in [4.78, 5) is 18.4. The van der Waals surface area contributed by atoms with Gasteiger partial charge >= 0.3 is 0 Å². The summed E-state index contributed by atoms with van der Waals surface area (Å²) in [7, 11) is 0.703. The molecule has 1 N–H and O–H groups in total. The first-order valence-corrected chi connectivity index (χ1v) is 9.73. The fourth-order valence-corrected chi connectivity index (χ4v) is 4.64. The van der Waals surface area contributed by atoms with Crippen LogP contribution in [-0.4, -0.2) is 51.5 Å². The third-order valence-corrected chi connectivity index (χ3v) is 6.02. The Morgan fingerprint density at radius 3 is 2.92 bits per heavy atom. The number of rotatable bonds is 4. The zero-order chi connectivity index (χ0) is 17.3. The standard InChI is InChI=1S/C16H21N3O4S/c1-19(2)16-18-13-8-12(5-6-14(13)23-16)15(20)17-9-11-4-3-7-24(21,22)10-11/h5-6,8,11H,3-4,7,9-10H2,1-2H3,(H,17,20). The number of oxazole rings is 1. The predicted molar refractivity (Wildman–Crippen MR) is 92.0 cm³/mol. The number of fused-ring (bicyclic) bond motifs is 1. The number of nitrogens with one attached hydrogen (secondary N) is 1. The van der Waals surface area contributed by atoms with Crippen LogP contribution in [0.2, 0.25) is 0 Å². The van der Waals surface area contributed by atoms with Gasteiger partial charge in [0.1, 0.15) is 5.52 Å². The summed E-state index contributed by atoms with van der Waals surface area (Å²) >= 11 is 0. The molecule has 1 amide bonds. The normalized spacial score (nSPS) is 20.0. The van der Waals surface area contributed by atoms with E-state index in [1.165, 1.54) is 0 Å². The second-order valence-electron chi connectivity index (χ2n) is 6.41. The maximum atomic E-state index is 12.3. The summed E-state index contributed by atoms with van der Waals surface area (Å²) in [6.45, 7) is 0.373. The highest BCUT2D eigenvalue weighted by Gasteiger charge is 2.25. The highest BCUT2D eigenvalue weighted by Crippen LogP contribution is 2.22. The number of sulfone groups is 1. The Kier molecular flexibility index (Phi) is 4.49. The van der Waals surface area contributed by atoms with Crippen LogP contribution in [0.25, 0.3) is 11.1 Å². The van der Waals surface area contributed by atoms with E-state index in [9.17, 15) is 13.2 Å². The number of aromatic nitrogens is 1. The molecule has 8 heteroatoms. The Balaban J connectivity index is 1.67. The van der Waals surface area contributed by atoms with Crippen molar-refractivity contribution in [2.24, 2.45) is 5.92 Å². The zero-order valence-electron chi connectivity index (χ0n) is 13.8. The number of carbonyl (C=O) groups excluding carboxylic acids is 1. The van der Waals surface area contributed by atoms with Gasteiger partial charge in [0.25, 0.3) is 11.9 Å². The minimum absolute atomic E-state index is 0.0103. The van der Waals surface area contributed by atoms with Crippen molar-refractivity contribution >= 4 is 32.9 Å². The smallest absolute Gasteiger partial charge is 0.297 e. The molecule has 0 radical (unpaired) electrons. The van der Waals surface area contributed by atoms with E-state index in [1.54, 1.807) is 23.1 Å². The van der Waals surface area contributed by atoms with Gasteiger partial charge < -0.3 is 14.6 Å². The van der Waals surface area contributed by atoms with Crippen molar-refractivity contribution in [3.63, 3.8) is 0 Å². The largest absolute Gasteiger partial charge is 0.423 e. The van der Waals surface area contributed by atoms with Crippen LogP contribution < -0.4 is 10.2 Å². The summed E-state index contributed by atoms with van der Waals surface area (Å²) < 4.78 is 28.8. The highest BCUT2D eigenvalue weighted by molar-refractivity contribution is 7.91. The van der Waals surface area contributed by atoms with Crippen molar-refractivity contribution in [2.45, 2.75) is 12.8 Å². The van der Waals surface area contributed by atoms with Crippen molar-refractivity contribution in [2.75, 3.05) is 37.0 Å². The molecule has 24 heavy (non-hydrogen) atoms. The molecule has 2 heterocycles. The topological polar surface area (TPSA) is 92.5 Å². The van der Waals surface area contributed by atoms with Gasteiger partial charge in [-0.3, -0.25) is 4.79 Å². The fourth-order valence-electron chi connectivity index (χ4n) is 2.87. The van der Waals surface area contributed by atoms with Gasteiger partial charge in [-0.1, -0.05) is 0 Å². The van der Waals surface area contributed by atoms with Gasteiger partial charge in [-0.25, -0.2) is 8.42 Å². The van der Waals surface area contributed by atoms with Gasteiger partial charge in [-0.15, -0.1) is 0 Å². The average Bonchev–Trinajstić information content (AvgIpc) is 2.95. The van der Waals surface area contributed by atoms with E-state index in [1.807, 2.05) is 14.1 Å². The summed E-state index contributed by atoms with van der Waals surface area (Å²) in [5, 5.41) is 2.83. The van der Waals surface area contributed by atoms with Crippen LogP contribution in [0.3, 0.4) is 0 Å². The van der Waals surface area contributed by atoms with Gasteiger partial charge in [-0.05, 0) is 37.0 Å². The second kappa shape index (κ2) is 6.43. The van der Waals surface area contributed by atoms with Gasteiger partial charge in [0.05, 0.1) is 11.5 Å². The molecule has 0 spiro atoms. The summed E-state index contributed by atoms with van der Waals surface area (Å²) in [6.07, 6.45) is 1.50. The van der Waals surface area contributed by atoms with Crippen LogP contribution in [0, 0.1) is 5.92 Å². The van der Waals surface area contributed by atoms with Gasteiger partial charge in [0, 0.05) is 26.2 Å². The lowest BCUT2D eigenvalue weighted by molar-refractivity contribution is 0.0947. The molecule has 2 aromatic rings. The second-order valence-corrected chi connectivity index (χ2v) is 8.63. The fraction of sp³-hybridized carbons (Fsp3) is 0.500. The molecule has 1 aromatic carbocycles. The predicted octanol–water partition coefficient (Wildman–Crippen LogP) is 1.45. The third kappa shape index (κ3) is 3.69. The van der Waals surface area contributed by atoms with Crippen LogP contribution in [0.5, 0.6) is 0 Å². The Labute approximate surface area is 141 Å². The SMILES string of the molecule is CN(C)c1nc2cc(C(=O)NCC3CCCS(=O)(=O)C3)ccc2o1. The first-order valence-electron chi connectivity index (χ1n) is 7.90. The number of hydrogen-bond acceptors (Lipinski definition) is 6. The number of carbonyl (C=O) groups is 1. The molecule has 1 saturated heterocycles. The van der Waals surface area contributed by atoms with E-state index in [4.69, 9.17) is 4.42 Å². The minimum Gasteiger partial charge on any atom is -0.423 e. The van der Waals surface area contributed by atoms with Crippen LogP contribution in [0.1, 0.15) is 23.2 Å². The van der Waals surface area contributed by atoms with Crippen LogP contribution >= 0.6 is 0 Å². The molecule has 1 aliphatic heterocycles. The van der Waals surface area contributed by atoms with Crippen molar-refractivity contribution in [3.05, 3.63) is 23.8 Å². The number of benzene rings is 1. The molecule has 7 nitrogen and oxygen atoms in total. The van der Waals surface area contributed by atoms with Crippen molar-refractivity contribution < 1.29 is 17.6 Å². The number of nitrogens with zero attached hydrogens (tertiary/aromatic N) is 2. The maximum absolute atomic E-state index is 12.3. The van der Waals surface area contributed by atoms with E-state index in [2.05, 4.69) is 10.3 Å². The van der Waals surface area contributed by atoms with E-state index >= 15 is 0 Å². The van der Waals surface area contributed by atoms with Crippen LogP contribution in [0.4, 0.5) is 6.01 Å². The van der Waals surface area contributed by atoms with Crippen molar-refractivity contribution in [1.82, 2.24) is 10.3 Å². The minimum atomic E-state index is -2.96. The molecular weight excluding hydrogens is 330 g/mol. The zero-order valence-corrected chi connectivity index (χ0v) is 14.6. The quantitative estimate of drug-likeness (QED) is 0.896. The number of anilines is 1. The molecule has 1 unspecified atom stereocenters. The lowest BCUT2D eigenvalue weighted by Crippen LogP contribution is -2.35. The summed E-state index contributed by atoms with van der Waals surface area (Å²) in [5.41, 5.74) is 1.72. The van der Waals surface area contributed by atoms with Gasteiger partial charge in [-0.2, -0.15) is 4.98 Å². The molecule has 0 aliphatic carbocycles. The molecule has 1 aromatic heterocycles. The summed E-state index contributed by atoms with van der Waals surface area (Å²) in [5.74, 6) is 0.175. The lowest BCUT2D eigenvalue weighted by atomic mass is 10.1. The molecular formula is C16H21N3O4S. The first-order chi connectivity index (χ1) is 11.3. The van der Waals surface area contributed by atoms with E-state index < -0.39 is 9.84 Å². The van der Waals surface area contributed by atoms with E-state index in [0.717, 1.165) is 6.42 Å². The average molecular weight is 351 g/mol. The molecule has 0 saturated carbocycles. The van der Waals surface area contributed by atoms with E-state index in [0.29, 0.717) is 35.6 Å². The van der Waals surface area contributed by atoms with Crippen molar-refractivity contribution in [3.8, 4) is 0 Å². The molecule has 130 valence electrons. The highest BCUT2D eigenvalue weighted by atomic mass is 32.2. The van der Waals surface area contributed by atoms with E-state index in [-0.39, 0.29) is 23.3 Å². The van der Waals surface area contributed by atoms with Crippen LogP contribution in [0.15, 0.2) is 22.6 Å². The Bertz CT molecular complexity index is 857. The Morgan fingerprint density at radius 2 is 2.21 bits per heavy atom. The molecule has 1 aliphatic rings. The number of amides is 1. The maximum Gasteiger partial charge on any atom is 0.297 e. The van der Waals surface area contributed by atoms with Crippen molar-refractivity contribution in [1.29, 1.82) is 0 Å². The first kappa shape index (κ1) is 16.8. The van der Waals surface area contributed by atoms with Crippen LogP contribution in [-0.2, 0) is 9.84 Å². The molecule has 1 fully saturated rings. The van der Waals surface area contributed by atoms with Gasteiger partial charge in [0.2, 0.25) is 0 Å². The third-order valence-electron chi connectivity index (χ3n) is 4.13. The molecule has 3 rings (SSSR count). The Hall–Kier alpha value is -2.09. The molecule has 1 atom stereocenters. The lowest BCUT2D eigenvalue weighted by Gasteiger charge is -2.22. The number of hydrogen-bond donors (Lipinski definition) is 1. The monoisotopic (exact) mass is 351 g/mol. The molecule has 0 bridgehead atoms. The van der Waals surface area contributed by atoms with Gasteiger partial charge in [0.15, 0.2) is 15.4 Å². The Morgan fingerprint density at radius 1 is 1.42 bits per heavy atom. The summed E-state index contributed by atoms with van der Waals surface area (Å²) in [6, 6.07) is 5.56.